The molecule has 2 N–H and O–H groups in total. The fourth-order valence-corrected chi connectivity index (χ4v) is 4.29. The van der Waals surface area contributed by atoms with Gasteiger partial charge in [0.1, 0.15) is 5.82 Å². The number of nitrogens with two attached hydrogens (primary N) is 1. The molecule has 0 unspecified atom stereocenters. The molecule has 0 aliphatic rings. The molecule has 7 heteroatoms. The molecule has 0 saturated heterocycles. The Kier molecular flexibility index (Phi) is 4.78. The summed E-state index contributed by atoms with van der Waals surface area (Å²) in [5.41, 5.74) is 13.6. The molecule has 5 aromatic rings. The van der Waals surface area contributed by atoms with Crippen molar-refractivity contribution in [1.82, 2.24) is 29.3 Å². The minimum absolute atomic E-state index is 0.163. The van der Waals surface area contributed by atoms with Crippen molar-refractivity contribution in [3.8, 4) is 28.2 Å². The van der Waals surface area contributed by atoms with Gasteiger partial charge in [0.05, 0.1) is 22.4 Å². The van der Waals surface area contributed by atoms with Crippen LogP contribution in [0.4, 0.5) is 5.95 Å². The standard InChI is InChI=1S/C26H27N7/c1-16-11-17(2)33(31-16)21-8-6-7-19(12-21)24-30-22-13-18(20-14-28-25(27)29-15-20)9-10-23(22)32(24)26(3,4)5/h6-15H,1-5H3,(H2,27,28,29). The van der Waals surface area contributed by atoms with Crippen LogP contribution >= 0.6 is 0 Å². The monoisotopic (exact) mass is 437 g/mol. The molecular weight excluding hydrogens is 410 g/mol. The number of aromatic nitrogens is 6. The highest BCUT2D eigenvalue weighted by atomic mass is 15.3. The Morgan fingerprint density at radius 3 is 2.27 bits per heavy atom. The van der Waals surface area contributed by atoms with E-state index in [4.69, 9.17) is 10.7 Å². The van der Waals surface area contributed by atoms with Crippen LogP contribution in [-0.2, 0) is 5.54 Å². The van der Waals surface area contributed by atoms with Gasteiger partial charge in [-0.05, 0) is 70.5 Å². The van der Waals surface area contributed by atoms with Crippen LogP contribution in [0.25, 0.3) is 39.2 Å². The summed E-state index contributed by atoms with van der Waals surface area (Å²) in [4.78, 5) is 13.3. The number of fused-ring (bicyclic) bond motifs is 1. The second-order valence-electron chi connectivity index (χ2n) is 9.36. The van der Waals surface area contributed by atoms with Gasteiger partial charge in [-0.1, -0.05) is 18.2 Å². The van der Waals surface area contributed by atoms with E-state index >= 15 is 0 Å². The van der Waals surface area contributed by atoms with Gasteiger partial charge in [-0.3, -0.25) is 0 Å². The summed E-state index contributed by atoms with van der Waals surface area (Å²) in [5.74, 6) is 1.19. The summed E-state index contributed by atoms with van der Waals surface area (Å²) in [6.07, 6.45) is 3.48. The average Bonchev–Trinajstić information content (AvgIpc) is 3.33. The van der Waals surface area contributed by atoms with Crippen molar-refractivity contribution in [1.29, 1.82) is 0 Å². The summed E-state index contributed by atoms with van der Waals surface area (Å²) >= 11 is 0. The fourth-order valence-electron chi connectivity index (χ4n) is 4.29. The average molecular weight is 438 g/mol. The number of nitrogen functional groups attached to an aromatic ring is 1. The highest BCUT2D eigenvalue weighted by Crippen LogP contribution is 2.34. The molecule has 0 aliphatic heterocycles. The molecule has 0 radical (unpaired) electrons. The number of anilines is 1. The lowest BCUT2D eigenvalue weighted by Crippen LogP contribution is -2.22. The van der Waals surface area contributed by atoms with E-state index in [2.05, 4.69) is 95.9 Å². The van der Waals surface area contributed by atoms with Gasteiger partial charge in [0.25, 0.3) is 0 Å². The summed E-state index contributed by atoms with van der Waals surface area (Å²) in [6, 6.07) is 16.8. The first-order valence-electron chi connectivity index (χ1n) is 11.0. The van der Waals surface area contributed by atoms with Crippen LogP contribution in [0.5, 0.6) is 0 Å². The molecule has 2 aromatic carbocycles. The van der Waals surface area contributed by atoms with Crippen molar-refractivity contribution in [3.05, 3.63) is 72.3 Å². The van der Waals surface area contributed by atoms with Gasteiger partial charge in [-0.2, -0.15) is 5.10 Å². The highest BCUT2D eigenvalue weighted by molar-refractivity contribution is 5.86. The van der Waals surface area contributed by atoms with Crippen LogP contribution in [-0.4, -0.2) is 29.3 Å². The van der Waals surface area contributed by atoms with Gasteiger partial charge in [-0.25, -0.2) is 19.6 Å². The third kappa shape index (κ3) is 3.75. The van der Waals surface area contributed by atoms with E-state index in [9.17, 15) is 0 Å². The maximum Gasteiger partial charge on any atom is 0.219 e. The number of nitrogens with zero attached hydrogens (tertiary/aromatic N) is 6. The maximum atomic E-state index is 5.65. The second-order valence-corrected chi connectivity index (χ2v) is 9.36. The summed E-state index contributed by atoms with van der Waals surface area (Å²) in [5, 5.41) is 4.65. The van der Waals surface area contributed by atoms with Gasteiger partial charge in [0, 0.05) is 34.8 Å². The molecular formula is C26H27N7. The lowest BCUT2D eigenvalue weighted by molar-refractivity contribution is 0.413. The largest absolute Gasteiger partial charge is 0.368 e. The SMILES string of the molecule is Cc1cc(C)n(-c2cccc(-c3nc4cc(-c5cnc(N)nc5)ccc4n3C(C)(C)C)c2)n1. The van der Waals surface area contributed by atoms with Crippen LogP contribution in [0.3, 0.4) is 0 Å². The van der Waals surface area contributed by atoms with E-state index in [0.29, 0.717) is 0 Å². The van der Waals surface area contributed by atoms with Crippen molar-refractivity contribution in [2.24, 2.45) is 0 Å². The van der Waals surface area contributed by atoms with Crippen molar-refractivity contribution >= 4 is 17.0 Å². The molecule has 0 atom stereocenters. The van der Waals surface area contributed by atoms with Crippen LogP contribution < -0.4 is 5.73 Å². The van der Waals surface area contributed by atoms with Crippen molar-refractivity contribution < 1.29 is 0 Å². The third-order valence-corrected chi connectivity index (χ3v) is 5.69. The summed E-state index contributed by atoms with van der Waals surface area (Å²) < 4.78 is 4.27. The highest BCUT2D eigenvalue weighted by Gasteiger charge is 2.23. The lowest BCUT2D eigenvalue weighted by atomic mass is 10.1. The van der Waals surface area contributed by atoms with E-state index in [0.717, 1.165) is 50.6 Å². The zero-order chi connectivity index (χ0) is 23.3. The van der Waals surface area contributed by atoms with Crippen molar-refractivity contribution in [2.45, 2.75) is 40.2 Å². The Balaban J connectivity index is 1.68. The predicted octanol–water partition coefficient (Wildman–Crippen LogP) is 5.30. The summed E-state index contributed by atoms with van der Waals surface area (Å²) in [7, 11) is 0. The van der Waals surface area contributed by atoms with E-state index in [1.807, 2.05) is 11.6 Å². The maximum absolute atomic E-state index is 5.65. The van der Waals surface area contributed by atoms with E-state index < -0.39 is 0 Å². The number of benzene rings is 2. The number of aryl methyl sites for hydroxylation is 2. The number of hydrogen-bond donors (Lipinski definition) is 1. The molecule has 0 spiro atoms. The van der Waals surface area contributed by atoms with Gasteiger partial charge in [0.2, 0.25) is 5.95 Å². The van der Waals surface area contributed by atoms with Crippen LogP contribution in [0, 0.1) is 13.8 Å². The Bertz CT molecular complexity index is 1470. The number of imidazole rings is 1. The Morgan fingerprint density at radius 2 is 1.61 bits per heavy atom. The first kappa shape index (κ1) is 20.9. The molecule has 7 nitrogen and oxygen atoms in total. The van der Waals surface area contributed by atoms with Gasteiger partial charge < -0.3 is 10.3 Å². The Morgan fingerprint density at radius 1 is 0.848 bits per heavy atom. The minimum atomic E-state index is -0.163. The van der Waals surface area contributed by atoms with Crippen LogP contribution in [0.15, 0.2) is 60.9 Å². The molecule has 0 fully saturated rings. The van der Waals surface area contributed by atoms with Gasteiger partial charge >= 0.3 is 0 Å². The van der Waals surface area contributed by atoms with E-state index in [-0.39, 0.29) is 11.5 Å². The number of rotatable bonds is 3. The first-order valence-corrected chi connectivity index (χ1v) is 11.0. The van der Waals surface area contributed by atoms with E-state index in [1.54, 1.807) is 12.4 Å². The Hall–Kier alpha value is -4.00. The fraction of sp³-hybridized carbons (Fsp3) is 0.231. The normalized spacial score (nSPS) is 11.9. The lowest BCUT2D eigenvalue weighted by Gasteiger charge is -2.25. The molecule has 0 amide bonds. The van der Waals surface area contributed by atoms with E-state index in [1.165, 1.54) is 0 Å². The molecule has 0 bridgehead atoms. The topological polar surface area (TPSA) is 87.4 Å². The smallest absolute Gasteiger partial charge is 0.219 e. The molecule has 3 heterocycles. The van der Waals surface area contributed by atoms with Crippen molar-refractivity contribution in [3.63, 3.8) is 0 Å². The molecule has 3 aromatic heterocycles. The van der Waals surface area contributed by atoms with Crippen molar-refractivity contribution in [2.75, 3.05) is 5.73 Å². The minimum Gasteiger partial charge on any atom is -0.368 e. The van der Waals surface area contributed by atoms with Crippen LogP contribution in [0.2, 0.25) is 0 Å². The third-order valence-electron chi connectivity index (χ3n) is 5.69. The second kappa shape index (κ2) is 7.55. The zero-order valence-electron chi connectivity index (χ0n) is 19.5. The molecule has 0 aliphatic carbocycles. The number of hydrogen-bond acceptors (Lipinski definition) is 5. The van der Waals surface area contributed by atoms with Gasteiger partial charge in [-0.15, -0.1) is 0 Å². The molecule has 0 saturated carbocycles. The summed E-state index contributed by atoms with van der Waals surface area (Å²) in [6.45, 7) is 10.7. The Labute approximate surface area is 192 Å². The first-order chi connectivity index (χ1) is 15.7. The van der Waals surface area contributed by atoms with Crippen LogP contribution in [0.1, 0.15) is 32.2 Å². The molecule has 5 rings (SSSR count). The van der Waals surface area contributed by atoms with Gasteiger partial charge in [0.15, 0.2) is 0 Å². The zero-order valence-corrected chi connectivity index (χ0v) is 19.5. The molecule has 166 valence electrons. The quantitative estimate of drug-likeness (QED) is 0.414. The molecule has 33 heavy (non-hydrogen) atoms. The predicted molar refractivity (Wildman–Crippen MR) is 132 cm³/mol.